The van der Waals surface area contributed by atoms with Crippen molar-refractivity contribution in [3.05, 3.63) is 0 Å². The largest absolute Gasteiger partial charge is 0.685 e. The Labute approximate surface area is 109 Å². The molecule has 0 radical (unpaired) electrons. The van der Waals surface area contributed by atoms with Crippen LogP contribution in [0, 0.1) is 0 Å². The van der Waals surface area contributed by atoms with Crippen LogP contribution in [0.25, 0.3) is 0 Å². The molecule has 16 heteroatoms. The minimum Gasteiger partial charge on any atom is -0.354 e. The third kappa shape index (κ3) is 3.49. The summed E-state index contributed by atoms with van der Waals surface area (Å²) in [5.74, 6) is 0. The van der Waals surface area contributed by atoms with Crippen molar-refractivity contribution in [1.82, 2.24) is 9.33 Å². The number of hydrogen-bond donors (Lipinski definition) is 0. The van der Waals surface area contributed by atoms with E-state index in [1.54, 1.807) is 0 Å². The highest BCUT2D eigenvalue weighted by Gasteiger charge is 2.58. The van der Waals surface area contributed by atoms with Crippen molar-refractivity contribution in [2.24, 2.45) is 4.52 Å². The van der Waals surface area contributed by atoms with Gasteiger partial charge in [-0.15, -0.1) is 8.96 Å². The van der Waals surface area contributed by atoms with Gasteiger partial charge in [-0.05, 0) is 4.66 Å². The van der Waals surface area contributed by atoms with E-state index in [0.717, 1.165) is 21.3 Å². The van der Waals surface area contributed by atoms with E-state index in [4.69, 9.17) is 0 Å². The first kappa shape index (κ1) is 17.8. The molecule has 1 aliphatic heterocycles. The second kappa shape index (κ2) is 6.65. The summed E-state index contributed by atoms with van der Waals surface area (Å²) in [6.07, 6.45) is 0. The first-order valence-electron chi connectivity index (χ1n) is 4.27. The number of halogens is 5. The zero-order valence-corrected chi connectivity index (χ0v) is 13.4. The van der Waals surface area contributed by atoms with Gasteiger partial charge in [-0.2, -0.15) is 17.1 Å². The second-order valence-corrected chi connectivity index (χ2v) is 10.3. The fraction of sp³-hybridized carbons (Fsp3) is 1.00. The van der Waals surface area contributed by atoms with E-state index in [-0.39, 0.29) is 0 Å². The standard InChI is InChI=1S/C3H9F5N3O4P3Si/c1-12-19(13-2,14-3)15-18(8)9-16(6)10(4)17(7)11(18)5/h1-3H3. The normalized spacial score (nSPS) is 34.3. The number of rotatable bonds is 5. The van der Waals surface area contributed by atoms with Crippen molar-refractivity contribution in [3.63, 3.8) is 0 Å². The van der Waals surface area contributed by atoms with Gasteiger partial charge in [0.1, 0.15) is 0 Å². The Kier molecular flexibility index (Phi) is 6.22. The molecule has 0 bridgehead atoms. The van der Waals surface area contributed by atoms with E-state index in [1.165, 1.54) is 0 Å². The third-order valence-electron chi connectivity index (χ3n) is 1.77. The maximum absolute atomic E-state index is 14.1. The van der Waals surface area contributed by atoms with Crippen molar-refractivity contribution < 1.29 is 39.0 Å². The summed E-state index contributed by atoms with van der Waals surface area (Å²) in [5, 5.41) is 0. The van der Waals surface area contributed by atoms with Gasteiger partial charge in [-0.3, -0.25) is 4.21 Å². The smallest absolute Gasteiger partial charge is 0.354 e. The molecule has 3 unspecified atom stereocenters. The lowest BCUT2D eigenvalue weighted by atomic mass is 11.8. The van der Waals surface area contributed by atoms with Crippen molar-refractivity contribution in [2.45, 2.75) is 0 Å². The van der Waals surface area contributed by atoms with Gasteiger partial charge in [0.05, 0.1) is 0 Å². The lowest BCUT2D eigenvalue weighted by molar-refractivity contribution is 0.0444. The van der Waals surface area contributed by atoms with Crippen LogP contribution in [0.3, 0.4) is 0 Å². The third-order valence-corrected chi connectivity index (χ3v) is 9.79. The van der Waals surface area contributed by atoms with Crippen LogP contribution in [0.2, 0.25) is 0 Å². The average Bonchev–Trinajstić information content (AvgIpc) is 2.41. The van der Waals surface area contributed by atoms with Crippen LogP contribution in [0.5, 0.6) is 0 Å². The molecule has 0 N–H and O–H groups in total. The molecule has 0 spiro atoms. The zero-order chi connectivity index (χ0) is 14.8. The van der Waals surface area contributed by atoms with Crippen LogP contribution < -0.4 is 0 Å². The molecule has 0 amide bonds. The maximum Gasteiger partial charge on any atom is 0.685 e. The van der Waals surface area contributed by atoms with Crippen molar-refractivity contribution in [2.75, 3.05) is 21.3 Å². The summed E-state index contributed by atoms with van der Waals surface area (Å²) in [7, 11) is -14.2. The number of hydrogen-bond acceptors (Lipinski definition) is 7. The van der Waals surface area contributed by atoms with Crippen LogP contribution in [0.1, 0.15) is 0 Å². The first-order chi connectivity index (χ1) is 8.75. The Balaban J connectivity index is 3.12. The van der Waals surface area contributed by atoms with Crippen molar-refractivity contribution >= 4 is 33.9 Å². The van der Waals surface area contributed by atoms with E-state index in [0.29, 0.717) is 0 Å². The Morgan fingerprint density at radius 1 is 1.11 bits per heavy atom. The molecule has 114 valence electrons. The molecule has 3 atom stereocenters. The van der Waals surface area contributed by atoms with Crippen LogP contribution >= 0.6 is 24.8 Å². The molecule has 0 aromatic rings. The summed E-state index contributed by atoms with van der Waals surface area (Å²) in [4.78, 5) is 0. The van der Waals surface area contributed by atoms with Gasteiger partial charge in [-0.1, -0.05) is 0 Å². The summed E-state index contributed by atoms with van der Waals surface area (Å²) >= 11 is 0. The van der Waals surface area contributed by atoms with Gasteiger partial charge in [0.15, 0.2) is 0 Å². The van der Waals surface area contributed by atoms with E-state index in [9.17, 15) is 21.6 Å². The zero-order valence-electron chi connectivity index (χ0n) is 9.71. The van der Waals surface area contributed by atoms with Gasteiger partial charge in [0.25, 0.3) is 0 Å². The Morgan fingerprint density at radius 2 is 1.58 bits per heavy atom. The fourth-order valence-electron chi connectivity index (χ4n) is 0.926. The van der Waals surface area contributed by atoms with Crippen LogP contribution in [0.4, 0.5) is 21.6 Å². The Morgan fingerprint density at radius 3 is 2.00 bits per heavy atom. The highest BCUT2D eigenvalue weighted by molar-refractivity contribution is 7.77. The monoisotopic (exact) mass is 367 g/mol. The number of nitrogens with zero attached hydrogens (tertiary/aromatic N) is 3. The molecular weight excluding hydrogens is 358 g/mol. The second-order valence-electron chi connectivity index (χ2n) is 2.73. The first-order valence-corrected chi connectivity index (χ1v) is 9.68. The molecule has 0 aromatic carbocycles. The summed E-state index contributed by atoms with van der Waals surface area (Å²) < 4.78 is 84.8. The molecule has 7 nitrogen and oxygen atoms in total. The van der Waals surface area contributed by atoms with Gasteiger partial charge in [0, 0.05) is 26.0 Å². The molecule has 0 aliphatic carbocycles. The van der Waals surface area contributed by atoms with E-state index in [2.05, 4.69) is 22.0 Å². The lowest BCUT2D eigenvalue weighted by Gasteiger charge is -2.33. The molecule has 1 heterocycles. The minimum absolute atomic E-state index is 0.996. The van der Waals surface area contributed by atoms with Crippen LogP contribution in [-0.2, 0) is 17.5 Å². The van der Waals surface area contributed by atoms with Crippen LogP contribution in [0.15, 0.2) is 4.52 Å². The quantitative estimate of drug-likeness (QED) is 0.316. The molecule has 0 saturated carbocycles. The van der Waals surface area contributed by atoms with Gasteiger partial charge >= 0.3 is 33.9 Å². The Bertz CT molecular complexity index is 371. The van der Waals surface area contributed by atoms with Gasteiger partial charge in [-0.25, -0.2) is 0 Å². The molecule has 0 fully saturated rings. The van der Waals surface area contributed by atoms with Gasteiger partial charge < -0.3 is 13.3 Å². The minimum atomic E-state index is -5.27. The summed E-state index contributed by atoms with van der Waals surface area (Å²) in [6.45, 7) is 0. The maximum atomic E-state index is 14.1. The molecule has 1 rings (SSSR count). The Hall–Kier alpha value is 0.717. The van der Waals surface area contributed by atoms with Gasteiger partial charge in [0.2, 0.25) is 0 Å². The van der Waals surface area contributed by atoms with Crippen molar-refractivity contribution in [1.29, 1.82) is 0 Å². The van der Waals surface area contributed by atoms with E-state index < -0.39 is 43.2 Å². The highest BCUT2D eigenvalue weighted by atomic mass is 31.3. The lowest BCUT2D eigenvalue weighted by Crippen LogP contribution is -2.46. The van der Waals surface area contributed by atoms with Crippen molar-refractivity contribution in [3.8, 4) is 0 Å². The molecule has 19 heavy (non-hydrogen) atoms. The molecular formula is C3H9F5N3O4P3Si. The summed E-state index contributed by atoms with van der Waals surface area (Å²) in [5.41, 5.74) is 0. The molecule has 1 aliphatic rings. The highest BCUT2D eigenvalue weighted by Crippen LogP contribution is 2.80. The predicted octanol–water partition coefficient (Wildman–Crippen LogP) is 4.07. The average molecular weight is 367 g/mol. The van der Waals surface area contributed by atoms with E-state index in [1.807, 2.05) is 0 Å². The SMILES string of the molecule is CO[Si](OC)(OC)OP1(F)=NP(F)N(F)P(F)N1F. The topological polar surface area (TPSA) is 55.8 Å². The molecule has 0 saturated heterocycles. The molecule has 0 aromatic heterocycles. The predicted molar refractivity (Wildman–Crippen MR) is 60.3 cm³/mol. The van der Waals surface area contributed by atoms with Crippen LogP contribution in [-0.4, -0.2) is 39.7 Å². The van der Waals surface area contributed by atoms with E-state index >= 15 is 0 Å². The summed E-state index contributed by atoms with van der Waals surface area (Å²) in [6, 6.07) is 0. The fourth-order valence-corrected chi connectivity index (χ4v) is 8.38.